The number of piperidine rings is 1. The minimum atomic E-state index is -4.92. The first-order valence-corrected chi connectivity index (χ1v) is 5.94. The Morgan fingerprint density at radius 2 is 2.11 bits per heavy atom. The van der Waals surface area contributed by atoms with Gasteiger partial charge in [-0.25, -0.2) is 0 Å². The van der Waals surface area contributed by atoms with Crippen molar-refractivity contribution in [3.8, 4) is 11.5 Å². The molecule has 104 valence electrons. The summed E-state index contributed by atoms with van der Waals surface area (Å²) in [5.41, 5.74) is 0.553. The van der Waals surface area contributed by atoms with Crippen LogP contribution in [0, 0.1) is 5.82 Å². The van der Waals surface area contributed by atoms with Crippen LogP contribution in [0.2, 0.25) is 0 Å². The zero-order valence-electron chi connectivity index (χ0n) is 9.76. The van der Waals surface area contributed by atoms with Crippen molar-refractivity contribution in [2.45, 2.75) is 31.3 Å². The summed E-state index contributed by atoms with van der Waals surface area (Å²) in [5.74, 6) is -2.08. The van der Waals surface area contributed by atoms with Gasteiger partial charge in [0.1, 0.15) is 6.10 Å². The van der Waals surface area contributed by atoms with Gasteiger partial charge in [-0.3, -0.25) is 0 Å². The van der Waals surface area contributed by atoms with E-state index >= 15 is 0 Å². The molecule has 19 heavy (non-hydrogen) atoms. The van der Waals surface area contributed by atoms with E-state index in [1.165, 1.54) is 6.07 Å². The van der Waals surface area contributed by atoms with Crippen LogP contribution in [0.3, 0.4) is 0 Å². The molecular formula is C12H11F4NO2. The Labute approximate surface area is 106 Å². The third kappa shape index (κ3) is 2.22. The smallest absolute Gasteiger partial charge is 0.485 e. The Morgan fingerprint density at radius 1 is 1.32 bits per heavy atom. The largest absolute Gasteiger partial charge is 0.573 e. The minimum absolute atomic E-state index is 0.133. The summed E-state index contributed by atoms with van der Waals surface area (Å²) >= 11 is 0. The van der Waals surface area contributed by atoms with Gasteiger partial charge >= 0.3 is 6.36 Å². The van der Waals surface area contributed by atoms with Gasteiger partial charge in [0.15, 0.2) is 11.5 Å². The molecule has 0 radical (unpaired) electrons. The zero-order chi connectivity index (χ0) is 13.6. The molecule has 1 N–H and O–H groups in total. The van der Waals surface area contributed by atoms with Crippen molar-refractivity contribution in [3.63, 3.8) is 0 Å². The summed E-state index contributed by atoms with van der Waals surface area (Å²) in [5, 5.41) is 3.18. The maximum atomic E-state index is 14.0. The van der Waals surface area contributed by atoms with E-state index in [1.807, 2.05) is 0 Å². The van der Waals surface area contributed by atoms with Gasteiger partial charge < -0.3 is 14.8 Å². The van der Waals surface area contributed by atoms with Gasteiger partial charge in [-0.05, 0) is 31.5 Å². The zero-order valence-corrected chi connectivity index (χ0v) is 9.76. The Bertz CT molecular complexity index is 503. The third-order valence-corrected chi connectivity index (χ3v) is 3.32. The van der Waals surface area contributed by atoms with Crippen LogP contribution in [0.1, 0.15) is 24.4 Å². The summed E-state index contributed by atoms with van der Waals surface area (Å²) in [6.07, 6.45) is -3.50. The van der Waals surface area contributed by atoms with Crippen LogP contribution >= 0.6 is 0 Å². The van der Waals surface area contributed by atoms with Crippen LogP contribution in [0.25, 0.3) is 0 Å². The second-order valence-corrected chi connectivity index (χ2v) is 4.57. The molecule has 1 saturated heterocycles. The number of hydrogen-bond donors (Lipinski definition) is 1. The SMILES string of the molecule is Fc1c(OC(F)(F)F)ccc2c1O[C@H]1CCCN[C@@H]21. The number of halogens is 4. The van der Waals surface area contributed by atoms with Gasteiger partial charge in [0.05, 0.1) is 6.04 Å². The molecule has 1 aromatic rings. The highest BCUT2D eigenvalue weighted by molar-refractivity contribution is 5.48. The Balaban J connectivity index is 1.94. The van der Waals surface area contributed by atoms with Crippen LogP contribution in [-0.4, -0.2) is 19.0 Å². The van der Waals surface area contributed by atoms with Crippen LogP contribution in [0.15, 0.2) is 12.1 Å². The summed E-state index contributed by atoms with van der Waals surface area (Å²) in [4.78, 5) is 0. The van der Waals surface area contributed by atoms with Crippen molar-refractivity contribution < 1.29 is 27.0 Å². The van der Waals surface area contributed by atoms with Crippen molar-refractivity contribution in [1.29, 1.82) is 0 Å². The number of fused-ring (bicyclic) bond motifs is 3. The summed E-state index contributed by atoms with van der Waals surface area (Å²) in [7, 11) is 0. The van der Waals surface area contributed by atoms with Crippen molar-refractivity contribution in [3.05, 3.63) is 23.5 Å². The molecule has 7 heteroatoms. The van der Waals surface area contributed by atoms with Crippen LogP contribution in [-0.2, 0) is 0 Å². The summed E-state index contributed by atoms with van der Waals surface area (Å²) in [6, 6.07) is 2.25. The minimum Gasteiger partial charge on any atom is -0.485 e. The highest BCUT2D eigenvalue weighted by Crippen LogP contribution is 2.44. The van der Waals surface area contributed by atoms with E-state index < -0.39 is 17.9 Å². The molecule has 1 fully saturated rings. The monoisotopic (exact) mass is 277 g/mol. The number of nitrogens with one attached hydrogen (secondary N) is 1. The number of ether oxygens (including phenoxy) is 2. The van der Waals surface area contributed by atoms with Gasteiger partial charge in [-0.2, -0.15) is 4.39 Å². The number of rotatable bonds is 1. The molecule has 0 amide bonds. The van der Waals surface area contributed by atoms with Crippen molar-refractivity contribution >= 4 is 0 Å². The first-order chi connectivity index (χ1) is 8.96. The van der Waals surface area contributed by atoms with Crippen molar-refractivity contribution in [2.75, 3.05) is 6.54 Å². The molecule has 3 rings (SSSR count). The van der Waals surface area contributed by atoms with E-state index in [0.29, 0.717) is 5.56 Å². The molecule has 0 bridgehead atoms. The maximum absolute atomic E-state index is 14.0. The molecule has 3 nitrogen and oxygen atoms in total. The van der Waals surface area contributed by atoms with Crippen LogP contribution in [0.5, 0.6) is 11.5 Å². The predicted molar refractivity (Wildman–Crippen MR) is 57.5 cm³/mol. The lowest BCUT2D eigenvalue weighted by Gasteiger charge is -2.25. The maximum Gasteiger partial charge on any atom is 0.573 e. The average Bonchev–Trinajstić information content (AvgIpc) is 2.71. The topological polar surface area (TPSA) is 30.5 Å². The van der Waals surface area contributed by atoms with Crippen molar-refractivity contribution in [2.24, 2.45) is 0 Å². The molecule has 1 aromatic carbocycles. The number of alkyl halides is 3. The van der Waals surface area contributed by atoms with E-state index in [-0.39, 0.29) is 17.9 Å². The molecule has 0 aromatic heterocycles. The summed E-state index contributed by atoms with van der Waals surface area (Å²) < 4.78 is 59.4. The molecule has 2 heterocycles. The quantitative estimate of drug-likeness (QED) is 0.801. The lowest BCUT2D eigenvalue weighted by molar-refractivity contribution is -0.275. The third-order valence-electron chi connectivity index (χ3n) is 3.32. The summed E-state index contributed by atoms with van der Waals surface area (Å²) in [6.45, 7) is 0.784. The van der Waals surface area contributed by atoms with Crippen molar-refractivity contribution in [1.82, 2.24) is 5.32 Å². The average molecular weight is 277 g/mol. The Morgan fingerprint density at radius 3 is 2.84 bits per heavy atom. The van der Waals surface area contributed by atoms with Gasteiger partial charge in [0.2, 0.25) is 5.82 Å². The first kappa shape index (κ1) is 12.5. The van der Waals surface area contributed by atoms with Crippen LogP contribution < -0.4 is 14.8 Å². The van der Waals surface area contributed by atoms with E-state index in [1.54, 1.807) is 0 Å². The Hall–Kier alpha value is -1.50. The van der Waals surface area contributed by atoms with E-state index in [9.17, 15) is 17.6 Å². The normalized spacial score (nSPS) is 25.5. The second kappa shape index (κ2) is 4.26. The van der Waals surface area contributed by atoms with E-state index in [0.717, 1.165) is 25.5 Å². The fourth-order valence-electron chi connectivity index (χ4n) is 2.57. The number of hydrogen-bond acceptors (Lipinski definition) is 3. The molecule has 2 aliphatic heterocycles. The van der Waals surface area contributed by atoms with E-state index in [4.69, 9.17) is 4.74 Å². The lowest BCUT2D eigenvalue weighted by atomic mass is 9.97. The molecule has 2 aliphatic rings. The van der Waals surface area contributed by atoms with Gasteiger partial charge in [-0.15, -0.1) is 13.2 Å². The van der Waals surface area contributed by atoms with E-state index in [2.05, 4.69) is 10.1 Å². The molecule has 2 atom stereocenters. The van der Waals surface area contributed by atoms with Gasteiger partial charge in [0, 0.05) is 5.56 Å². The Kier molecular flexibility index (Phi) is 2.81. The second-order valence-electron chi connectivity index (χ2n) is 4.57. The highest BCUT2D eigenvalue weighted by atomic mass is 19.4. The molecule has 0 saturated carbocycles. The highest BCUT2D eigenvalue weighted by Gasteiger charge is 2.40. The van der Waals surface area contributed by atoms with Crippen LogP contribution in [0.4, 0.5) is 17.6 Å². The molecule has 0 aliphatic carbocycles. The fraction of sp³-hybridized carbons (Fsp3) is 0.500. The standard InChI is InChI=1S/C12H11F4NO2/c13-9-7(19-12(14,15)16)4-3-6-10-8(18-11(6)9)2-1-5-17-10/h3-4,8,10,17H,1-2,5H2/t8-,10-/m0/s1. The van der Waals surface area contributed by atoms with Gasteiger partial charge in [0.25, 0.3) is 0 Å². The lowest BCUT2D eigenvalue weighted by Crippen LogP contribution is -2.36. The van der Waals surface area contributed by atoms with Gasteiger partial charge in [-0.1, -0.05) is 0 Å². The predicted octanol–water partition coefficient (Wildman–Crippen LogP) is 2.91. The number of benzene rings is 1. The molecule has 0 spiro atoms. The molecular weight excluding hydrogens is 266 g/mol. The fourth-order valence-corrected chi connectivity index (χ4v) is 2.57. The first-order valence-electron chi connectivity index (χ1n) is 5.94. The molecule has 0 unspecified atom stereocenters.